The van der Waals surface area contributed by atoms with E-state index in [2.05, 4.69) is 10.1 Å². The highest BCUT2D eigenvalue weighted by Gasteiger charge is 2.16. The van der Waals surface area contributed by atoms with E-state index in [0.29, 0.717) is 18.3 Å². The predicted octanol–water partition coefficient (Wildman–Crippen LogP) is 1.08. The maximum absolute atomic E-state index is 9.19. The molecule has 0 aliphatic rings. The summed E-state index contributed by atoms with van der Waals surface area (Å²) < 4.78 is 5.11. The molecule has 96 valence electrons. The van der Waals surface area contributed by atoms with Crippen LogP contribution in [0.2, 0.25) is 0 Å². The molecule has 1 heterocycles. The van der Waals surface area contributed by atoms with Crippen LogP contribution in [0.25, 0.3) is 0 Å². The van der Waals surface area contributed by atoms with E-state index in [1.807, 2.05) is 26.2 Å². The average molecular weight is 248 g/mol. The number of nitrogens with two attached hydrogens (primary N) is 1. The number of aromatic hydroxyl groups is 1. The normalized spacial score (nSPS) is 12.4. The van der Waals surface area contributed by atoms with E-state index in [1.165, 1.54) is 0 Å². The Hall–Kier alpha value is -2.08. The van der Waals surface area contributed by atoms with Gasteiger partial charge in [-0.3, -0.25) is 0 Å². The van der Waals surface area contributed by atoms with E-state index in [9.17, 15) is 5.11 Å². The highest BCUT2D eigenvalue weighted by atomic mass is 16.5. The van der Waals surface area contributed by atoms with Gasteiger partial charge < -0.3 is 20.3 Å². The summed E-state index contributed by atoms with van der Waals surface area (Å²) in [5.41, 5.74) is 7.01. The van der Waals surface area contributed by atoms with E-state index in [4.69, 9.17) is 10.3 Å². The van der Waals surface area contributed by atoms with E-state index < -0.39 is 0 Å². The van der Waals surface area contributed by atoms with Gasteiger partial charge in [-0.2, -0.15) is 4.98 Å². The van der Waals surface area contributed by atoms with Gasteiger partial charge in [-0.25, -0.2) is 0 Å². The summed E-state index contributed by atoms with van der Waals surface area (Å²) in [6, 6.07) is 6.54. The zero-order valence-corrected chi connectivity index (χ0v) is 10.4. The average Bonchev–Trinajstić information content (AvgIpc) is 2.81. The van der Waals surface area contributed by atoms with E-state index in [-0.39, 0.29) is 11.8 Å². The number of anilines is 1. The molecule has 2 rings (SSSR count). The molecule has 0 bridgehead atoms. The van der Waals surface area contributed by atoms with E-state index in [1.54, 1.807) is 17.0 Å². The zero-order valence-electron chi connectivity index (χ0n) is 10.4. The number of rotatable bonds is 4. The first-order chi connectivity index (χ1) is 8.56. The molecule has 1 aromatic heterocycles. The molecule has 0 unspecified atom stereocenters. The Balaban J connectivity index is 2.06. The molecule has 1 atom stereocenters. The second kappa shape index (κ2) is 5.05. The van der Waals surface area contributed by atoms with Crippen LogP contribution in [0.4, 0.5) is 5.95 Å². The van der Waals surface area contributed by atoms with Crippen molar-refractivity contribution in [2.45, 2.75) is 12.5 Å². The van der Waals surface area contributed by atoms with Crippen molar-refractivity contribution in [1.82, 2.24) is 10.1 Å². The van der Waals surface area contributed by atoms with Crippen molar-refractivity contribution in [1.29, 1.82) is 0 Å². The lowest BCUT2D eigenvalue weighted by molar-refractivity contribution is 0.354. The van der Waals surface area contributed by atoms with Crippen LogP contribution in [-0.4, -0.2) is 29.3 Å². The molecule has 1 aromatic carbocycles. The van der Waals surface area contributed by atoms with Crippen molar-refractivity contribution < 1.29 is 9.63 Å². The number of aromatic nitrogens is 2. The lowest BCUT2D eigenvalue weighted by atomic mass is 10.1. The van der Waals surface area contributed by atoms with Gasteiger partial charge in [-0.05, 0) is 29.3 Å². The molecule has 0 amide bonds. The largest absolute Gasteiger partial charge is 0.508 e. The highest BCUT2D eigenvalue weighted by Crippen LogP contribution is 2.18. The molecular formula is C12H16N4O2. The second-order valence-corrected chi connectivity index (χ2v) is 4.30. The van der Waals surface area contributed by atoms with Gasteiger partial charge >= 0.3 is 0 Å². The number of phenolic OH excluding ortho intramolecular Hbond substituents is 1. The smallest absolute Gasteiger partial charge is 0.265 e. The molecule has 6 heteroatoms. The maximum atomic E-state index is 9.19. The number of nitrogens with zero attached hydrogens (tertiary/aromatic N) is 3. The van der Waals surface area contributed by atoms with Gasteiger partial charge in [0.15, 0.2) is 0 Å². The molecule has 0 aliphatic carbocycles. The third-order valence-corrected chi connectivity index (χ3v) is 2.54. The molecule has 3 N–H and O–H groups in total. The van der Waals surface area contributed by atoms with Crippen molar-refractivity contribution in [3.63, 3.8) is 0 Å². The van der Waals surface area contributed by atoms with Crippen LogP contribution in [0.5, 0.6) is 5.75 Å². The SMILES string of the molecule is CN(C)c1noc([C@H](N)Cc2ccc(O)cc2)n1. The Morgan fingerprint density at radius 2 is 2.00 bits per heavy atom. The molecule has 0 fully saturated rings. The van der Waals surface area contributed by atoms with Crippen molar-refractivity contribution in [2.75, 3.05) is 19.0 Å². The van der Waals surface area contributed by atoms with Gasteiger partial charge in [0, 0.05) is 14.1 Å². The first kappa shape index (κ1) is 12.4. The van der Waals surface area contributed by atoms with Crippen LogP contribution in [0.15, 0.2) is 28.8 Å². The van der Waals surface area contributed by atoms with Crippen LogP contribution >= 0.6 is 0 Å². The number of hydrogen-bond acceptors (Lipinski definition) is 6. The van der Waals surface area contributed by atoms with Gasteiger partial charge in [-0.15, -0.1) is 0 Å². The van der Waals surface area contributed by atoms with Crippen LogP contribution in [-0.2, 0) is 6.42 Å². The summed E-state index contributed by atoms with van der Waals surface area (Å²) in [7, 11) is 3.67. The minimum atomic E-state index is -0.351. The molecule has 0 aliphatic heterocycles. The van der Waals surface area contributed by atoms with Crippen LogP contribution < -0.4 is 10.6 Å². The van der Waals surface area contributed by atoms with E-state index in [0.717, 1.165) is 5.56 Å². The Morgan fingerprint density at radius 1 is 1.33 bits per heavy atom. The fourth-order valence-electron chi connectivity index (χ4n) is 1.53. The molecule has 0 saturated carbocycles. The number of phenols is 1. The molecule has 0 radical (unpaired) electrons. The first-order valence-electron chi connectivity index (χ1n) is 5.60. The van der Waals surface area contributed by atoms with Crippen LogP contribution in [0, 0.1) is 0 Å². The summed E-state index contributed by atoms with van der Waals surface area (Å²) in [4.78, 5) is 5.95. The number of benzene rings is 1. The quantitative estimate of drug-likeness (QED) is 0.841. The summed E-state index contributed by atoms with van der Waals surface area (Å²) >= 11 is 0. The minimum Gasteiger partial charge on any atom is -0.508 e. The van der Waals surface area contributed by atoms with Gasteiger partial charge in [0.25, 0.3) is 5.95 Å². The minimum absolute atomic E-state index is 0.236. The third-order valence-electron chi connectivity index (χ3n) is 2.54. The second-order valence-electron chi connectivity index (χ2n) is 4.30. The van der Waals surface area contributed by atoms with Gasteiger partial charge in [-0.1, -0.05) is 12.1 Å². The fourth-order valence-corrected chi connectivity index (χ4v) is 1.53. The molecular weight excluding hydrogens is 232 g/mol. The summed E-state index contributed by atoms with van der Waals surface area (Å²) in [6.07, 6.45) is 0.579. The lowest BCUT2D eigenvalue weighted by Crippen LogP contribution is -2.15. The Kier molecular flexibility index (Phi) is 3.47. The molecule has 0 saturated heterocycles. The monoisotopic (exact) mass is 248 g/mol. The standard InChI is InChI=1S/C12H16N4O2/c1-16(2)12-14-11(18-15-12)10(13)7-8-3-5-9(17)6-4-8/h3-6,10,17H,7,13H2,1-2H3/t10-/m1/s1. The zero-order chi connectivity index (χ0) is 13.1. The van der Waals surface area contributed by atoms with Crippen LogP contribution in [0.1, 0.15) is 17.5 Å². The first-order valence-corrected chi connectivity index (χ1v) is 5.60. The third kappa shape index (κ3) is 2.78. The Morgan fingerprint density at radius 3 is 2.56 bits per heavy atom. The van der Waals surface area contributed by atoms with Gasteiger partial charge in [0.05, 0.1) is 6.04 Å². The maximum Gasteiger partial charge on any atom is 0.265 e. The topological polar surface area (TPSA) is 88.4 Å². The molecule has 0 spiro atoms. The predicted molar refractivity (Wildman–Crippen MR) is 67.4 cm³/mol. The molecule has 2 aromatic rings. The van der Waals surface area contributed by atoms with Gasteiger partial charge in [0.1, 0.15) is 5.75 Å². The summed E-state index contributed by atoms with van der Waals surface area (Å²) in [6.45, 7) is 0. The van der Waals surface area contributed by atoms with Gasteiger partial charge in [0.2, 0.25) is 5.89 Å². The van der Waals surface area contributed by atoms with Crippen LogP contribution in [0.3, 0.4) is 0 Å². The van der Waals surface area contributed by atoms with E-state index >= 15 is 0 Å². The van der Waals surface area contributed by atoms with Crippen molar-refractivity contribution in [3.05, 3.63) is 35.7 Å². The molecule has 6 nitrogen and oxygen atoms in total. The van der Waals surface area contributed by atoms with Crippen molar-refractivity contribution in [3.8, 4) is 5.75 Å². The fraction of sp³-hybridized carbons (Fsp3) is 0.333. The van der Waals surface area contributed by atoms with Crippen molar-refractivity contribution in [2.24, 2.45) is 5.73 Å². The van der Waals surface area contributed by atoms with Crippen molar-refractivity contribution >= 4 is 5.95 Å². The highest BCUT2D eigenvalue weighted by molar-refractivity contribution is 5.28. The Bertz CT molecular complexity index is 507. The lowest BCUT2D eigenvalue weighted by Gasteiger charge is -2.07. The summed E-state index contributed by atoms with van der Waals surface area (Å²) in [5.74, 6) is 1.15. The molecule has 18 heavy (non-hydrogen) atoms. The Labute approximate surface area is 105 Å². The summed E-state index contributed by atoms with van der Waals surface area (Å²) in [5, 5.41) is 13.0. The number of hydrogen-bond donors (Lipinski definition) is 2.